The van der Waals surface area contributed by atoms with E-state index in [-0.39, 0.29) is 24.0 Å². The zero-order valence-corrected chi connectivity index (χ0v) is 14.5. The second kappa shape index (κ2) is 7.77. The van der Waals surface area contributed by atoms with E-state index in [1.54, 1.807) is 10.9 Å². The number of hydrogen-bond acceptors (Lipinski definition) is 6. The van der Waals surface area contributed by atoms with Crippen LogP contribution < -0.4 is 10.1 Å². The molecule has 0 spiro atoms. The van der Waals surface area contributed by atoms with Crippen LogP contribution in [0.2, 0.25) is 0 Å². The van der Waals surface area contributed by atoms with Crippen molar-refractivity contribution in [2.45, 2.75) is 51.7 Å². The van der Waals surface area contributed by atoms with Crippen LogP contribution in [-0.4, -0.2) is 37.6 Å². The van der Waals surface area contributed by atoms with E-state index in [2.05, 4.69) is 20.4 Å². The van der Waals surface area contributed by atoms with E-state index in [1.807, 2.05) is 20.0 Å². The van der Waals surface area contributed by atoms with Crippen molar-refractivity contribution in [3.63, 3.8) is 0 Å². The third-order valence-electron chi connectivity index (χ3n) is 4.37. The largest absolute Gasteiger partial charge is 0.475 e. The molecule has 1 fully saturated rings. The van der Waals surface area contributed by atoms with Crippen LogP contribution in [0.25, 0.3) is 0 Å². The fourth-order valence-electron chi connectivity index (χ4n) is 2.84. The molecule has 0 aliphatic heterocycles. The molecular weight excluding hydrogens is 325 g/mol. The number of nitrogens with zero attached hydrogens (tertiary/aromatic N) is 4. The smallest absolute Gasteiger partial charge is 0.255 e. The Morgan fingerprint density at radius 3 is 2.76 bits per heavy atom. The van der Waals surface area contributed by atoms with Gasteiger partial charge in [0.1, 0.15) is 0 Å². The molecule has 1 aliphatic carbocycles. The van der Waals surface area contributed by atoms with E-state index in [9.17, 15) is 9.50 Å². The van der Waals surface area contributed by atoms with Crippen LogP contribution in [-0.2, 0) is 0 Å². The number of anilines is 2. The summed E-state index contributed by atoms with van der Waals surface area (Å²) in [5, 5.41) is 16.8. The fraction of sp³-hybridized carbons (Fsp3) is 0.588. The van der Waals surface area contributed by atoms with Crippen LogP contribution in [0.1, 0.15) is 45.6 Å². The molecule has 7 nitrogen and oxygen atoms in total. The van der Waals surface area contributed by atoms with Gasteiger partial charge in [0.05, 0.1) is 30.8 Å². The van der Waals surface area contributed by atoms with Gasteiger partial charge in [-0.25, -0.2) is 4.98 Å². The number of ether oxygens (including phenoxy) is 1. The molecular formula is C17H24FN5O2. The zero-order valence-electron chi connectivity index (χ0n) is 14.5. The molecule has 136 valence electrons. The van der Waals surface area contributed by atoms with Crippen molar-refractivity contribution in [1.29, 1.82) is 0 Å². The Kier molecular flexibility index (Phi) is 5.47. The summed E-state index contributed by atoms with van der Waals surface area (Å²) in [6.45, 7) is 4.45. The number of halogens is 1. The normalized spacial score (nSPS) is 20.7. The van der Waals surface area contributed by atoms with E-state index < -0.39 is 5.82 Å². The number of hydrogen-bond donors (Lipinski definition) is 2. The van der Waals surface area contributed by atoms with Gasteiger partial charge in [0.25, 0.3) is 5.88 Å². The highest BCUT2D eigenvalue weighted by Crippen LogP contribution is 2.26. The highest BCUT2D eigenvalue weighted by molar-refractivity contribution is 5.50. The van der Waals surface area contributed by atoms with Crippen LogP contribution in [0.5, 0.6) is 5.88 Å². The molecule has 0 bridgehead atoms. The van der Waals surface area contributed by atoms with Crippen molar-refractivity contribution >= 4 is 11.6 Å². The predicted molar refractivity (Wildman–Crippen MR) is 91.3 cm³/mol. The van der Waals surface area contributed by atoms with E-state index in [0.29, 0.717) is 12.5 Å². The Bertz CT molecular complexity index is 698. The van der Waals surface area contributed by atoms with Crippen molar-refractivity contribution in [3.05, 3.63) is 24.4 Å². The molecule has 2 N–H and O–H groups in total. The van der Waals surface area contributed by atoms with E-state index in [4.69, 9.17) is 4.74 Å². The van der Waals surface area contributed by atoms with Gasteiger partial charge in [0.15, 0.2) is 0 Å². The van der Waals surface area contributed by atoms with Crippen molar-refractivity contribution in [1.82, 2.24) is 19.7 Å². The minimum atomic E-state index is -0.584. The molecule has 3 rings (SSSR count). The summed E-state index contributed by atoms with van der Waals surface area (Å²) in [4.78, 5) is 8.06. The average molecular weight is 349 g/mol. The molecule has 0 atom stereocenters. The van der Waals surface area contributed by atoms with Gasteiger partial charge < -0.3 is 15.2 Å². The standard InChI is InChI=1S/C17H24FN5O2/c1-11(2)23-9-13(7-20-23)21-17-19-8-15(18)16(22-17)25-10-12-3-5-14(24)6-4-12/h7-9,11-12,14,24H,3-6,10H2,1-2H3,(H,19,21,22). The molecule has 0 radical (unpaired) electrons. The highest BCUT2D eigenvalue weighted by atomic mass is 19.1. The molecule has 1 aliphatic rings. The number of nitrogens with one attached hydrogen (secondary N) is 1. The molecule has 2 heterocycles. The molecule has 8 heteroatoms. The van der Waals surface area contributed by atoms with Crippen LogP contribution in [0.3, 0.4) is 0 Å². The zero-order chi connectivity index (χ0) is 17.8. The van der Waals surface area contributed by atoms with Gasteiger partial charge >= 0.3 is 0 Å². The van der Waals surface area contributed by atoms with Crippen LogP contribution in [0.4, 0.5) is 16.0 Å². The predicted octanol–water partition coefficient (Wildman–Crippen LogP) is 3.07. The van der Waals surface area contributed by atoms with Crippen LogP contribution in [0.15, 0.2) is 18.6 Å². The van der Waals surface area contributed by atoms with Crippen molar-refractivity contribution in [2.75, 3.05) is 11.9 Å². The fourth-order valence-corrected chi connectivity index (χ4v) is 2.84. The molecule has 25 heavy (non-hydrogen) atoms. The number of aliphatic hydroxyl groups excluding tert-OH is 1. The minimum Gasteiger partial charge on any atom is -0.475 e. The van der Waals surface area contributed by atoms with Gasteiger partial charge in [-0.2, -0.15) is 14.5 Å². The Labute approximate surface area is 146 Å². The Morgan fingerprint density at radius 2 is 2.08 bits per heavy atom. The Hall–Kier alpha value is -2.22. The summed E-state index contributed by atoms with van der Waals surface area (Å²) < 4.78 is 21.3. The lowest BCUT2D eigenvalue weighted by Gasteiger charge is -2.25. The SMILES string of the molecule is CC(C)n1cc(Nc2ncc(F)c(OCC3CCC(O)CC3)n2)cn1. The quantitative estimate of drug-likeness (QED) is 0.834. The van der Waals surface area contributed by atoms with Gasteiger partial charge in [-0.1, -0.05) is 0 Å². The van der Waals surface area contributed by atoms with Crippen molar-refractivity contribution in [3.8, 4) is 5.88 Å². The van der Waals surface area contributed by atoms with Gasteiger partial charge in [-0.3, -0.25) is 4.68 Å². The number of rotatable bonds is 6. The first kappa shape index (κ1) is 17.6. The summed E-state index contributed by atoms with van der Waals surface area (Å²) in [6.07, 6.45) is 7.70. The third-order valence-corrected chi connectivity index (χ3v) is 4.37. The lowest BCUT2D eigenvalue weighted by atomic mass is 9.88. The van der Waals surface area contributed by atoms with Crippen LogP contribution in [0, 0.1) is 11.7 Å². The monoisotopic (exact) mass is 349 g/mol. The number of aromatic nitrogens is 4. The highest BCUT2D eigenvalue weighted by Gasteiger charge is 2.21. The summed E-state index contributed by atoms with van der Waals surface area (Å²) >= 11 is 0. The molecule has 0 aromatic carbocycles. The first-order chi connectivity index (χ1) is 12.0. The lowest BCUT2D eigenvalue weighted by molar-refractivity contribution is 0.0899. The second-order valence-corrected chi connectivity index (χ2v) is 6.76. The molecule has 0 unspecified atom stereocenters. The minimum absolute atomic E-state index is 0.0557. The third kappa shape index (κ3) is 4.66. The summed E-state index contributed by atoms with van der Waals surface area (Å²) in [5.74, 6) is -0.0589. The maximum absolute atomic E-state index is 13.9. The second-order valence-electron chi connectivity index (χ2n) is 6.76. The average Bonchev–Trinajstić information content (AvgIpc) is 3.05. The molecule has 1 saturated carbocycles. The van der Waals surface area contributed by atoms with Crippen molar-refractivity contribution < 1.29 is 14.2 Å². The summed E-state index contributed by atoms with van der Waals surface area (Å²) in [6, 6.07) is 0.248. The molecule has 0 saturated heterocycles. The Balaban J connectivity index is 1.61. The molecule has 0 amide bonds. The van der Waals surface area contributed by atoms with E-state index in [1.165, 1.54) is 0 Å². The van der Waals surface area contributed by atoms with Gasteiger partial charge in [0, 0.05) is 12.2 Å². The van der Waals surface area contributed by atoms with Crippen LogP contribution >= 0.6 is 0 Å². The van der Waals surface area contributed by atoms with Crippen molar-refractivity contribution in [2.24, 2.45) is 5.92 Å². The number of aliphatic hydroxyl groups is 1. The first-order valence-corrected chi connectivity index (χ1v) is 8.66. The first-order valence-electron chi connectivity index (χ1n) is 8.66. The van der Waals surface area contributed by atoms with Gasteiger partial charge in [0.2, 0.25) is 11.8 Å². The molecule has 2 aromatic rings. The maximum Gasteiger partial charge on any atom is 0.255 e. The summed E-state index contributed by atoms with van der Waals surface area (Å²) in [7, 11) is 0. The lowest BCUT2D eigenvalue weighted by Crippen LogP contribution is -2.23. The van der Waals surface area contributed by atoms with Gasteiger partial charge in [-0.05, 0) is 45.4 Å². The van der Waals surface area contributed by atoms with E-state index in [0.717, 1.165) is 37.6 Å². The molecule has 2 aromatic heterocycles. The topological polar surface area (TPSA) is 85.1 Å². The van der Waals surface area contributed by atoms with Gasteiger partial charge in [-0.15, -0.1) is 0 Å². The van der Waals surface area contributed by atoms with E-state index >= 15 is 0 Å². The Morgan fingerprint density at radius 1 is 1.32 bits per heavy atom. The summed E-state index contributed by atoms with van der Waals surface area (Å²) in [5.41, 5.74) is 0.729. The maximum atomic E-state index is 13.9.